The van der Waals surface area contributed by atoms with Crippen molar-refractivity contribution in [2.75, 3.05) is 6.54 Å². The molecular formula is C14H19N5O. The Hall–Kier alpha value is -2.21. The summed E-state index contributed by atoms with van der Waals surface area (Å²) in [4.78, 5) is 12.0. The van der Waals surface area contributed by atoms with Crippen LogP contribution in [-0.2, 0) is 18.3 Å². The molecule has 0 aliphatic rings. The van der Waals surface area contributed by atoms with Gasteiger partial charge in [0.05, 0.1) is 0 Å². The first-order chi connectivity index (χ1) is 9.58. The Kier molecular flexibility index (Phi) is 4.47. The lowest BCUT2D eigenvalue weighted by Crippen LogP contribution is -2.35. The molecule has 106 valence electrons. The SMILES string of the molecule is Cc1ccc(C(N)C(=O)NCCc2nncn2C)cc1. The third-order valence-electron chi connectivity index (χ3n) is 3.17. The highest BCUT2D eigenvalue weighted by molar-refractivity contribution is 5.82. The topological polar surface area (TPSA) is 85.8 Å². The van der Waals surface area contributed by atoms with Gasteiger partial charge >= 0.3 is 0 Å². The molecule has 1 heterocycles. The molecular weight excluding hydrogens is 254 g/mol. The van der Waals surface area contributed by atoms with Crippen molar-refractivity contribution in [1.82, 2.24) is 20.1 Å². The molecule has 0 fully saturated rings. The molecule has 1 amide bonds. The van der Waals surface area contributed by atoms with Crippen molar-refractivity contribution in [3.8, 4) is 0 Å². The average Bonchev–Trinajstić information content (AvgIpc) is 2.84. The van der Waals surface area contributed by atoms with Crippen LogP contribution in [-0.4, -0.2) is 27.2 Å². The third-order valence-corrected chi connectivity index (χ3v) is 3.17. The Balaban J connectivity index is 1.85. The van der Waals surface area contributed by atoms with Crippen molar-refractivity contribution in [2.45, 2.75) is 19.4 Å². The molecule has 0 aliphatic heterocycles. The third kappa shape index (κ3) is 3.42. The van der Waals surface area contributed by atoms with E-state index in [-0.39, 0.29) is 5.91 Å². The highest BCUT2D eigenvalue weighted by atomic mass is 16.2. The number of hydrogen-bond donors (Lipinski definition) is 2. The molecule has 3 N–H and O–H groups in total. The van der Waals surface area contributed by atoms with Crippen molar-refractivity contribution >= 4 is 5.91 Å². The highest BCUT2D eigenvalue weighted by Crippen LogP contribution is 2.11. The van der Waals surface area contributed by atoms with Gasteiger partial charge in [-0.05, 0) is 12.5 Å². The predicted octanol–water partition coefficient (Wildman–Crippen LogP) is 0.482. The first-order valence-electron chi connectivity index (χ1n) is 6.50. The molecule has 0 radical (unpaired) electrons. The van der Waals surface area contributed by atoms with E-state index >= 15 is 0 Å². The van der Waals surface area contributed by atoms with Crippen LogP contribution in [0.2, 0.25) is 0 Å². The Morgan fingerprint density at radius 2 is 2.10 bits per heavy atom. The minimum Gasteiger partial charge on any atom is -0.354 e. The van der Waals surface area contributed by atoms with E-state index in [1.807, 2.05) is 42.8 Å². The number of carbonyl (C=O) groups excluding carboxylic acids is 1. The molecule has 0 aliphatic carbocycles. The zero-order chi connectivity index (χ0) is 14.5. The smallest absolute Gasteiger partial charge is 0.241 e. The van der Waals surface area contributed by atoms with Gasteiger partial charge in [-0.3, -0.25) is 4.79 Å². The number of nitrogens with one attached hydrogen (secondary N) is 1. The zero-order valence-electron chi connectivity index (χ0n) is 11.7. The molecule has 20 heavy (non-hydrogen) atoms. The fourth-order valence-corrected chi connectivity index (χ4v) is 1.87. The highest BCUT2D eigenvalue weighted by Gasteiger charge is 2.15. The van der Waals surface area contributed by atoms with Crippen LogP contribution in [0.1, 0.15) is 23.0 Å². The summed E-state index contributed by atoms with van der Waals surface area (Å²) in [6.45, 7) is 2.49. The van der Waals surface area contributed by atoms with Gasteiger partial charge < -0.3 is 15.6 Å². The second-order valence-electron chi connectivity index (χ2n) is 4.79. The number of benzene rings is 1. The van der Waals surface area contributed by atoms with E-state index in [9.17, 15) is 4.79 Å². The van der Waals surface area contributed by atoms with E-state index in [0.29, 0.717) is 13.0 Å². The monoisotopic (exact) mass is 273 g/mol. The predicted molar refractivity (Wildman–Crippen MR) is 75.8 cm³/mol. The zero-order valence-corrected chi connectivity index (χ0v) is 11.7. The Morgan fingerprint density at radius 1 is 1.40 bits per heavy atom. The fraction of sp³-hybridized carbons (Fsp3) is 0.357. The van der Waals surface area contributed by atoms with Crippen molar-refractivity contribution in [1.29, 1.82) is 0 Å². The molecule has 0 bridgehead atoms. The summed E-state index contributed by atoms with van der Waals surface area (Å²) >= 11 is 0. The molecule has 0 saturated heterocycles. The summed E-state index contributed by atoms with van der Waals surface area (Å²) in [6, 6.07) is 7.00. The summed E-state index contributed by atoms with van der Waals surface area (Å²) in [6.07, 6.45) is 2.26. The van der Waals surface area contributed by atoms with E-state index in [0.717, 1.165) is 17.0 Å². The average molecular weight is 273 g/mol. The van der Waals surface area contributed by atoms with E-state index < -0.39 is 6.04 Å². The second kappa shape index (κ2) is 6.29. The molecule has 1 aromatic heterocycles. The number of carbonyl (C=O) groups is 1. The summed E-state index contributed by atoms with van der Waals surface area (Å²) in [7, 11) is 1.87. The number of nitrogens with zero attached hydrogens (tertiary/aromatic N) is 3. The van der Waals surface area contributed by atoms with Gasteiger partial charge in [-0.15, -0.1) is 10.2 Å². The van der Waals surface area contributed by atoms with E-state index in [4.69, 9.17) is 5.73 Å². The first kappa shape index (κ1) is 14.2. The van der Waals surface area contributed by atoms with E-state index in [1.54, 1.807) is 6.33 Å². The van der Waals surface area contributed by atoms with Gasteiger partial charge in [0.15, 0.2) is 0 Å². The van der Waals surface area contributed by atoms with Crippen LogP contribution in [0.3, 0.4) is 0 Å². The van der Waals surface area contributed by atoms with Crippen LogP contribution in [0.25, 0.3) is 0 Å². The minimum atomic E-state index is -0.643. The molecule has 1 atom stereocenters. The number of nitrogens with two attached hydrogens (primary N) is 1. The van der Waals surface area contributed by atoms with Crippen LogP contribution < -0.4 is 11.1 Å². The van der Waals surface area contributed by atoms with Gasteiger partial charge in [0.1, 0.15) is 18.2 Å². The van der Waals surface area contributed by atoms with E-state index in [2.05, 4.69) is 15.5 Å². The molecule has 0 spiro atoms. The van der Waals surface area contributed by atoms with Gasteiger partial charge in [-0.1, -0.05) is 29.8 Å². The summed E-state index contributed by atoms with van der Waals surface area (Å²) in [5, 5.41) is 10.6. The molecule has 2 rings (SSSR count). The summed E-state index contributed by atoms with van der Waals surface area (Å²) in [5.74, 6) is 0.644. The van der Waals surface area contributed by atoms with Gasteiger partial charge in [-0.2, -0.15) is 0 Å². The molecule has 1 unspecified atom stereocenters. The van der Waals surface area contributed by atoms with Crippen LogP contribution in [0, 0.1) is 6.92 Å². The van der Waals surface area contributed by atoms with Gasteiger partial charge in [0, 0.05) is 20.0 Å². The Morgan fingerprint density at radius 3 is 2.70 bits per heavy atom. The number of amides is 1. The van der Waals surface area contributed by atoms with Crippen molar-refractivity contribution in [3.05, 3.63) is 47.5 Å². The maximum absolute atomic E-state index is 12.0. The largest absolute Gasteiger partial charge is 0.354 e. The standard InChI is InChI=1S/C14H19N5O/c1-10-3-5-11(6-4-10)13(15)14(20)16-8-7-12-18-17-9-19(12)2/h3-6,9,13H,7-8,15H2,1-2H3,(H,16,20). The van der Waals surface area contributed by atoms with E-state index in [1.165, 1.54) is 0 Å². The van der Waals surface area contributed by atoms with Crippen LogP contribution in [0.5, 0.6) is 0 Å². The van der Waals surface area contributed by atoms with Gasteiger partial charge in [0.2, 0.25) is 5.91 Å². The summed E-state index contributed by atoms with van der Waals surface area (Å²) in [5.41, 5.74) is 7.89. The number of aryl methyl sites for hydroxylation is 2. The molecule has 6 nitrogen and oxygen atoms in total. The maximum atomic E-state index is 12.0. The Bertz CT molecular complexity index is 576. The molecule has 6 heteroatoms. The van der Waals surface area contributed by atoms with Crippen molar-refractivity contribution < 1.29 is 4.79 Å². The quantitative estimate of drug-likeness (QED) is 0.829. The Labute approximate surface area is 118 Å². The van der Waals surface area contributed by atoms with Gasteiger partial charge in [-0.25, -0.2) is 0 Å². The molecule has 0 saturated carbocycles. The second-order valence-corrected chi connectivity index (χ2v) is 4.79. The van der Waals surface area contributed by atoms with Crippen molar-refractivity contribution in [2.24, 2.45) is 12.8 Å². The normalized spacial score (nSPS) is 12.2. The van der Waals surface area contributed by atoms with Crippen molar-refractivity contribution in [3.63, 3.8) is 0 Å². The first-order valence-corrected chi connectivity index (χ1v) is 6.50. The minimum absolute atomic E-state index is 0.184. The van der Waals surface area contributed by atoms with Crippen LogP contribution in [0.15, 0.2) is 30.6 Å². The maximum Gasteiger partial charge on any atom is 0.241 e. The lowest BCUT2D eigenvalue weighted by Gasteiger charge is -2.12. The number of hydrogen-bond acceptors (Lipinski definition) is 4. The van der Waals surface area contributed by atoms with Crippen LogP contribution in [0.4, 0.5) is 0 Å². The fourth-order valence-electron chi connectivity index (χ4n) is 1.87. The number of aromatic nitrogens is 3. The van der Waals surface area contributed by atoms with Crippen LogP contribution >= 0.6 is 0 Å². The lowest BCUT2D eigenvalue weighted by molar-refractivity contribution is -0.122. The molecule has 1 aromatic carbocycles. The summed E-state index contributed by atoms with van der Waals surface area (Å²) < 4.78 is 1.83. The van der Waals surface area contributed by atoms with Gasteiger partial charge in [0.25, 0.3) is 0 Å². The lowest BCUT2D eigenvalue weighted by atomic mass is 10.1. The molecule has 2 aromatic rings. The number of rotatable bonds is 5.